The summed E-state index contributed by atoms with van der Waals surface area (Å²) in [7, 11) is 0. The summed E-state index contributed by atoms with van der Waals surface area (Å²) in [6, 6.07) is 17.3. The van der Waals surface area contributed by atoms with Crippen LogP contribution in [0.4, 0.5) is 5.69 Å². The Kier molecular flexibility index (Phi) is 7.61. The van der Waals surface area contributed by atoms with Crippen molar-refractivity contribution >= 4 is 17.5 Å². The molecule has 0 saturated heterocycles. The van der Waals surface area contributed by atoms with E-state index in [1.165, 1.54) is 0 Å². The first-order valence-electron chi connectivity index (χ1n) is 9.61. The Hall–Kier alpha value is -2.82. The van der Waals surface area contributed by atoms with Crippen LogP contribution in [0, 0.1) is 0 Å². The lowest BCUT2D eigenvalue weighted by molar-refractivity contribution is -0.122. The van der Waals surface area contributed by atoms with E-state index in [9.17, 15) is 9.59 Å². The second kappa shape index (κ2) is 9.93. The number of hydrogen-bond donors (Lipinski definition) is 1. The molecule has 2 aromatic rings. The summed E-state index contributed by atoms with van der Waals surface area (Å²) in [4.78, 5) is 26.0. The topological polar surface area (TPSA) is 58.6 Å². The van der Waals surface area contributed by atoms with E-state index in [1.54, 1.807) is 11.8 Å². The summed E-state index contributed by atoms with van der Waals surface area (Å²) >= 11 is 0. The first kappa shape index (κ1) is 21.5. The van der Waals surface area contributed by atoms with E-state index >= 15 is 0 Å². The van der Waals surface area contributed by atoms with Gasteiger partial charge in [-0.2, -0.15) is 0 Å². The highest BCUT2D eigenvalue weighted by Crippen LogP contribution is 2.31. The lowest BCUT2D eigenvalue weighted by Gasteiger charge is -2.29. The molecule has 2 rings (SSSR count). The third kappa shape index (κ3) is 6.41. The molecule has 0 aliphatic heterocycles. The molecule has 0 atom stereocenters. The van der Waals surface area contributed by atoms with Gasteiger partial charge in [0, 0.05) is 25.7 Å². The van der Waals surface area contributed by atoms with Gasteiger partial charge in [-0.1, -0.05) is 57.2 Å². The maximum Gasteiger partial charge on any atom is 0.223 e. The summed E-state index contributed by atoms with van der Waals surface area (Å²) in [5, 5.41) is 2.87. The van der Waals surface area contributed by atoms with E-state index in [0.717, 1.165) is 17.0 Å². The van der Waals surface area contributed by atoms with Gasteiger partial charge in [0.25, 0.3) is 0 Å². The molecule has 0 spiro atoms. The second-order valence-electron chi connectivity index (χ2n) is 7.70. The molecule has 0 bridgehead atoms. The number of benzene rings is 2. The van der Waals surface area contributed by atoms with Gasteiger partial charge in [0.2, 0.25) is 11.8 Å². The smallest absolute Gasteiger partial charge is 0.223 e. The molecule has 28 heavy (non-hydrogen) atoms. The molecule has 0 aliphatic carbocycles. The fraction of sp³-hybridized carbons (Fsp3) is 0.391. The highest BCUT2D eigenvalue weighted by atomic mass is 16.5. The van der Waals surface area contributed by atoms with Crippen LogP contribution in [0.2, 0.25) is 0 Å². The van der Waals surface area contributed by atoms with Crippen molar-refractivity contribution in [2.75, 3.05) is 24.6 Å². The fourth-order valence-electron chi connectivity index (χ4n) is 2.96. The van der Waals surface area contributed by atoms with Crippen LogP contribution in [-0.4, -0.2) is 31.5 Å². The van der Waals surface area contributed by atoms with E-state index in [2.05, 4.69) is 26.1 Å². The molecule has 0 aromatic heterocycles. The van der Waals surface area contributed by atoms with E-state index < -0.39 is 0 Å². The highest BCUT2D eigenvalue weighted by Gasteiger charge is 2.22. The minimum absolute atomic E-state index is 0.0432. The fourth-order valence-corrected chi connectivity index (χ4v) is 2.96. The molecule has 0 heterocycles. The Morgan fingerprint density at radius 2 is 1.64 bits per heavy atom. The highest BCUT2D eigenvalue weighted by molar-refractivity contribution is 5.92. The lowest BCUT2D eigenvalue weighted by atomic mass is 9.85. The van der Waals surface area contributed by atoms with Crippen molar-refractivity contribution in [3.63, 3.8) is 0 Å². The first-order valence-corrected chi connectivity index (χ1v) is 9.61. The first-order chi connectivity index (χ1) is 13.3. The molecular formula is C23H30N2O3. The molecular weight excluding hydrogens is 352 g/mol. The van der Waals surface area contributed by atoms with Gasteiger partial charge in [-0.15, -0.1) is 0 Å². The van der Waals surface area contributed by atoms with Crippen LogP contribution in [0.3, 0.4) is 0 Å². The molecule has 150 valence electrons. The molecule has 2 amide bonds. The van der Waals surface area contributed by atoms with Crippen molar-refractivity contribution in [2.45, 2.75) is 39.5 Å². The SMILES string of the molecule is CC(=O)N(CCNC(=O)CCOc1ccccc1)c1ccccc1C(C)(C)C. The number of rotatable bonds is 8. The van der Waals surface area contributed by atoms with Crippen molar-refractivity contribution in [1.29, 1.82) is 0 Å². The number of hydrogen-bond acceptors (Lipinski definition) is 3. The van der Waals surface area contributed by atoms with Crippen LogP contribution in [-0.2, 0) is 15.0 Å². The van der Waals surface area contributed by atoms with Crippen LogP contribution in [0.1, 0.15) is 39.7 Å². The zero-order chi connectivity index (χ0) is 20.6. The van der Waals surface area contributed by atoms with Gasteiger partial charge in [0.05, 0.1) is 13.0 Å². The number of ether oxygens (including phenoxy) is 1. The molecule has 0 unspecified atom stereocenters. The summed E-state index contributed by atoms with van der Waals surface area (Å²) in [5.41, 5.74) is 1.92. The van der Waals surface area contributed by atoms with Crippen LogP contribution >= 0.6 is 0 Å². The van der Waals surface area contributed by atoms with Gasteiger partial charge in [-0.25, -0.2) is 0 Å². The standard InChI is InChI=1S/C23H30N2O3/c1-18(26)25(21-13-9-8-12-20(21)23(2,3)4)16-15-24-22(27)14-17-28-19-10-6-5-7-11-19/h5-13H,14-17H2,1-4H3,(H,24,27). The molecule has 5 nitrogen and oxygen atoms in total. The van der Waals surface area contributed by atoms with Crippen LogP contribution in [0.5, 0.6) is 5.75 Å². The quantitative estimate of drug-likeness (QED) is 0.753. The van der Waals surface area contributed by atoms with Gasteiger partial charge >= 0.3 is 0 Å². The Balaban J connectivity index is 1.87. The molecule has 0 radical (unpaired) electrons. The van der Waals surface area contributed by atoms with E-state index in [-0.39, 0.29) is 23.7 Å². The molecule has 1 N–H and O–H groups in total. The Bertz CT molecular complexity index is 782. The van der Waals surface area contributed by atoms with Crippen LogP contribution in [0.25, 0.3) is 0 Å². The molecule has 0 saturated carbocycles. The average Bonchev–Trinajstić information content (AvgIpc) is 2.65. The predicted molar refractivity (Wildman–Crippen MR) is 113 cm³/mol. The van der Waals surface area contributed by atoms with Crippen molar-refractivity contribution in [3.8, 4) is 5.75 Å². The Labute approximate surface area is 167 Å². The largest absolute Gasteiger partial charge is 0.493 e. The molecule has 2 aromatic carbocycles. The van der Waals surface area contributed by atoms with Crippen molar-refractivity contribution in [3.05, 3.63) is 60.2 Å². The summed E-state index contributed by atoms with van der Waals surface area (Å²) in [5.74, 6) is 0.610. The molecule has 0 fully saturated rings. The summed E-state index contributed by atoms with van der Waals surface area (Å²) in [6.45, 7) is 9.06. The predicted octanol–water partition coefficient (Wildman–Crippen LogP) is 3.92. The lowest BCUT2D eigenvalue weighted by Crippen LogP contribution is -2.39. The Morgan fingerprint density at radius 1 is 1.00 bits per heavy atom. The minimum atomic E-state index is -0.0939. The zero-order valence-electron chi connectivity index (χ0n) is 17.2. The maximum atomic E-state index is 12.2. The number of carbonyl (C=O) groups excluding carboxylic acids is 2. The molecule has 5 heteroatoms. The zero-order valence-corrected chi connectivity index (χ0v) is 17.2. The van der Waals surface area contributed by atoms with Gasteiger partial charge < -0.3 is 15.0 Å². The normalized spacial score (nSPS) is 11.0. The third-order valence-electron chi connectivity index (χ3n) is 4.38. The van der Waals surface area contributed by atoms with Crippen molar-refractivity contribution in [1.82, 2.24) is 5.32 Å². The number of anilines is 1. The minimum Gasteiger partial charge on any atom is -0.493 e. The van der Waals surface area contributed by atoms with Crippen LogP contribution < -0.4 is 15.0 Å². The summed E-state index contributed by atoms with van der Waals surface area (Å²) in [6.07, 6.45) is 0.271. The van der Waals surface area contributed by atoms with E-state index in [1.807, 2.05) is 54.6 Å². The Morgan fingerprint density at radius 3 is 2.29 bits per heavy atom. The second-order valence-corrected chi connectivity index (χ2v) is 7.70. The number of carbonyl (C=O) groups is 2. The average molecular weight is 383 g/mol. The van der Waals surface area contributed by atoms with Gasteiger partial charge in [-0.3, -0.25) is 9.59 Å². The number of para-hydroxylation sites is 2. The van der Waals surface area contributed by atoms with Gasteiger partial charge in [-0.05, 0) is 29.2 Å². The van der Waals surface area contributed by atoms with Gasteiger partial charge in [0.15, 0.2) is 0 Å². The van der Waals surface area contributed by atoms with Crippen molar-refractivity contribution < 1.29 is 14.3 Å². The molecule has 0 aliphatic rings. The van der Waals surface area contributed by atoms with E-state index in [0.29, 0.717) is 19.7 Å². The number of nitrogens with zero attached hydrogens (tertiary/aromatic N) is 1. The van der Waals surface area contributed by atoms with Crippen LogP contribution in [0.15, 0.2) is 54.6 Å². The number of nitrogens with one attached hydrogen (secondary N) is 1. The maximum absolute atomic E-state index is 12.2. The number of amides is 2. The summed E-state index contributed by atoms with van der Waals surface area (Å²) < 4.78 is 5.54. The van der Waals surface area contributed by atoms with E-state index in [4.69, 9.17) is 4.74 Å². The van der Waals surface area contributed by atoms with Crippen molar-refractivity contribution in [2.24, 2.45) is 0 Å². The van der Waals surface area contributed by atoms with Gasteiger partial charge in [0.1, 0.15) is 5.75 Å². The third-order valence-corrected chi connectivity index (χ3v) is 4.38. The monoisotopic (exact) mass is 382 g/mol.